The smallest absolute Gasteiger partial charge is 0.157 e. The third kappa shape index (κ3) is 4.95. The van der Waals surface area contributed by atoms with Crippen LogP contribution in [-0.4, -0.2) is 39.2 Å². The van der Waals surface area contributed by atoms with E-state index in [0.29, 0.717) is 19.1 Å². The van der Waals surface area contributed by atoms with Gasteiger partial charge in [0.2, 0.25) is 0 Å². The van der Waals surface area contributed by atoms with Crippen molar-refractivity contribution in [2.24, 2.45) is 0 Å². The highest BCUT2D eigenvalue weighted by Gasteiger charge is 2.19. The van der Waals surface area contributed by atoms with Crippen LogP contribution in [0.2, 0.25) is 0 Å². The van der Waals surface area contributed by atoms with E-state index in [1.165, 1.54) is 30.4 Å². The van der Waals surface area contributed by atoms with Crippen LogP contribution in [0.1, 0.15) is 56.1 Å². The molecule has 24 heavy (non-hydrogen) atoms. The number of piperidine rings is 1. The lowest BCUT2D eigenvalue weighted by atomic mass is 9.89. The van der Waals surface area contributed by atoms with E-state index >= 15 is 0 Å². The van der Waals surface area contributed by atoms with Crippen LogP contribution in [0.4, 0.5) is 0 Å². The summed E-state index contributed by atoms with van der Waals surface area (Å²) < 4.78 is 17.5. The molecule has 0 aliphatic carbocycles. The zero-order valence-electron chi connectivity index (χ0n) is 14.9. The maximum Gasteiger partial charge on any atom is 0.157 e. The van der Waals surface area contributed by atoms with Gasteiger partial charge in [-0.15, -0.1) is 0 Å². The summed E-state index contributed by atoms with van der Waals surface area (Å²) in [7, 11) is 0. The first kappa shape index (κ1) is 17.7. The van der Waals surface area contributed by atoms with E-state index in [-0.39, 0.29) is 6.29 Å². The van der Waals surface area contributed by atoms with Crippen molar-refractivity contribution in [3.63, 3.8) is 0 Å². The first-order chi connectivity index (χ1) is 11.9. The molecule has 2 fully saturated rings. The molecule has 2 aliphatic rings. The highest BCUT2D eigenvalue weighted by Crippen LogP contribution is 2.33. The van der Waals surface area contributed by atoms with Crippen molar-refractivity contribution in [2.45, 2.75) is 57.7 Å². The molecule has 1 unspecified atom stereocenters. The Hall–Kier alpha value is -1.10. The Morgan fingerprint density at radius 2 is 2.00 bits per heavy atom. The molecule has 1 aromatic carbocycles. The zero-order chi connectivity index (χ0) is 16.6. The molecular weight excluding hydrogens is 302 g/mol. The third-order valence-electron chi connectivity index (χ3n) is 5.05. The molecule has 3 rings (SSSR count). The number of nitrogens with one attached hydrogen (secondary N) is 1. The van der Waals surface area contributed by atoms with Crippen molar-refractivity contribution in [3.8, 4) is 5.75 Å². The Balaban J connectivity index is 1.55. The highest BCUT2D eigenvalue weighted by atomic mass is 16.7. The monoisotopic (exact) mass is 333 g/mol. The predicted molar refractivity (Wildman–Crippen MR) is 95.7 cm³/mol. The second-order valence-electron chi connectivity index (χ2n) is 6.77. The Morgan fingerprint density at radius 3 is 2.75 bits per heavy atom. The minimum atomic E-state index is -0.0341. The first-order valence-corrected chi connectivity index (χ1v) is 9.56. The topological polar surface area (TPSA) is 39.7 Å². The minimum Gasteiger partial charge on any atom is -0.491 e. The Morgan fingerprint density at radius 1 is 1.12 bits per heavy atom. The van der Waals surface area contributed by atoms with Crippen LogP contribution in [0.3, 0.4) is 0 Å². The minimum absolute atomic E-state index is 0.0341. The van der Waals surface area contributed by atoms with Crippen LogP contribution in [0.25, 0.3) is 0 Å². The van der Waals surface area contributed by atoms with Gasteiger partial charge in [0.1, 0.15) is 12.4 Å². The van der Waals surface area contributed by atoms with Gasteiger partial charge in [0.05, 0.1) is 6.61 Å². The van der Waals surface area contributed by atoms with E-state index in [1.54, 1.807) is 0 Å². The Labute approximate surface area is 145 Å². The van der Waals surface area contributed by atoms with Crippen LogP contribution < -0.4 is 10.1 Å². The van der Waals surface area contributed by atoms with Crippen molar-refractivity contribution in [1.29, 1.82) is 0 Å². The molecule has 0 amide bonds. The summed E-state index contributed by atoms with van der Waals surface area (Å²) in [4.78, 5) is 0. The van der Waals surface area contributed by atoms with Gasteiger partial charge in [-0.05, 0) is 74.7 Å². The molecule has 1 aromatic rings. The molecule has 0 saturated carbocycles. The molecule has 2 saturated heterocycles. The van der Waals surface area contributed by atoms with Crippen LogP contribution in [-0.2, 0) is 15.9 Å². The molecule has 0 bridgehead atoms. The number of hydrogen-bond acceptors (Lipinski definition) is 4. The van der Waals surface area contributed by atoms with Crippen molar-refractivity contribution in [2.75, 3.05) is 32.9 Å². The maximum absolute atomic E-state index is 6.12. The molecule has 2 heterocycles. The SMILES string of the molecule is CCc1ccc(C2CCNCC2)c(OCCOC2CCCCO2)c1. The van der Waals surface area contributed by atoms with E-state index in [9.17, 15) is 0 Å². The van der Waals surface area contributed by atoms with Gasteiger partial charge >= 0.3 is 0 Å². The lowest BCUT2D eigenvalue weighted by Gasteiger charge is -2.26. The van der Waals surface area contributed by atoms with E-state index < -0.39 is 0 Å². The number of hydrogen-bond donors (Lipinski definition) is 1. The Bertz CT molecular complexity index is 494. The molecule has 0 spiro atoms. The first-order valence-electron chi connectivity index (χ1n) is 9.56. The number of benzene rings is 1. The average Bonchev–Trinajstić information content (AvgIpc) is 2.66. The van der Waals surface area contributed by atoms with E-state index in [4.69, 9.17) is 14.2 Å². The van der Waals surface area contributed by atoms with Crippen molar-refractivity contribution in [1.82, 2.24) is 5.32 Å². The second-order valence-corrected chi connectivity index (χ2v) is 6.77. The summed E-state index contributed by atoms with van der Waals surface area (Å²) in [5.41, 5.74) is 2.70. The summed E-state index contributed by atoms with van der Waals surface area (Å²) in [6.07, 6.45) is 6.74. The molecule has 0 radical (unpaired) electrons. The van der Waals surface area contributed by atoms with Crippen LogP contribution in [0.15, 0.2) is 18.2 Å². The predicted octanol–water partition coefficient (Wildman–Crippen LogP) is 3.64. The van der Waals surface area contributed by atoms with E-state index in [1.807, 2.05) is 0 Å². The largest absolute Gasteiger partial charge is 0.491 e. The number of ether oxygens (including phenoxy) is 3. The fourth-order valence-electron chi connectivity index (χ4n) is 3.57. The van der Waals surface area contributed by atoms with Gasteiger partial charge in [-0.3, -0.25) is 0 Å². The van der Waals surface area contributed by atoms with Gasteiger partial charge in [0, 0.05) is 6.61 Å². The molecule has 0 aromatic heterocycles. The van der Waals surface area contributed by atoms with Gasteiger partial charge in [-0.25, -0.2) is 0 Å². The molecule has 1 N–H and O–H groups in total. The average molecular weight is 333 g/mol. The number of rotatable bonds is 7. The van der Waals surface area contributed by atoms with Gasteiger partial charge < -0.3 is 19.5 Å². The maximum atomic E-state index is 6.12. The quantitative estimate of drug-likeness (QED) is 0.774. The lowest BCUT2D eigenvalue weighted by molar-refractivity contribution is -0.165. The third-order valence-corrected chi connectivity index (χ3v) is 5.05. The standard InChI is InChI=1S/C20H31NO3/c1-2-16-6-7-18(17-8-10-21-11-9-17)19(15-16)22-13-14-24-20-5-3-4-12-23-20/h6-7,15,17,20-21H,2-5,8-14H2,1H3. The summed E-state index contributed by atoms with van der Waals surface area (Å²) in [5, 5.41) is 3.44. The molecule has 2 aliphatic heterocycles. The molecule has 1 atom stereocenters. The Kier molecular flexibility index (Phi) is 6.94. The number of aryl methyl sites for hydroxylation is 1. The fraction of sp³-hybridized carbons (Fsp3) is 0.700. The normalized spacial score (nSPS) is 22.5. The van der Waals surface area contributed by atoms with Gasteiger partial charge in [-0.2, -0.15) is 0 Å². The van der Waals surface area contributed by atoms with Gasteiger partial charge in [0.15, 0.2) is 6.29 Å². The summed E-state index contributed by atoms with van der Waals surface area (Å²) >= 11 is 0. The van der Waals surface area contributed by atoms with Crippen LogP contribution in [0, 0.1) is 0 Å². The molecular formula is C20H31NO3. The van der Waals surface area contributed by atoms with E-state index in [0.717, 1.165) is 44.7 Å². The van der Waals surface area contributed by atoms with E-state index in [2.05, 4.69) is 30.4 Å². The molecule has 134 valence electrons. The summed E-state index contributed by atoms with van der Waals surface area (Å²) in [6, 6.07) is 6.74. The zero-order valence-corrected chi connectivity index (χ0v) is 14.9. The summed E-state index contributed by atoms with van der Waals surface area (Å²) in [5.74, 6) is 1.66. The van der Waals surface area contributed by atoms with Gasteiger partial charge in [-0.1, -0.05) is 19.1 Å². The van der Waals surface area contributed by atoms with Crippen molar-refractivity contribution < 1.29 is 14.2 Å². The van der Waals surface area contributed by atoms with Gasteiger partial charge in [0.25, 0.3) is 0 Å². The second kappa shape index (κ2) is 9.40. The van der Waals surface area contributed by atoms with Crippen molar-refractivity contribution in [3.05, 3.63) is 29.3 Å². The highest BCUT2D eigenvalue weighted by molar-refractivity contribution is 5.40. The molecule has 4 heteroatoms. The molecule has 4 nitrogen and oxygen atoms in total. The van der Waals surface area contributed by atoms with Crippen LogP contribution in [0.5, 0.6) is 5.75 Å². The fourth-order valence-corrected chi connectivity index (χ4v) is 3.57. The lowest BCUT2D eigenvalue weighted by Crippen LogP contribution is -2.27. The van der Waals surface area contributed by atoms with Crippen molar-refractivity contribution >= 4 is 0 Å². The van der Waals surface area contributed by atoms with Crippen LogP contribution >= 0.6 is 0 Å². The summed E-state index contributed by atoms with van der Waals surface area (Å²) in [6.45, 7) is 6.39.